The van der Waals surface area contributed by atoms with Gasteiger partial charge in [-0.3, -0.25) is 14.4 Å². The zero-order valence-electron chi connectivity index (χ0n) is 15.4. The normalized spacial score (nSPS) is 37.2. The Balaban J connectivity index is 1.66. The van der Waals surface area contributed by atoms with Crippen LogP contribution >= 0.6 is 0 Å². The molecule has 2 bridgehead atoms. The van der Waals surface area contributed by atoms with Crippen LogP contribution in [0.1, 0.15) is 32.1 Å². The zero-order chi connectivity index (χ0) is 19.2. The SMILES string of the molecule is C#CCN1C(=O)[C@@H]2[C@H](C(=O)NC)[C@H]3C=C[C@@]2(O3)[C@@H]1C(=O)NC1CCCCC1. The van der Waals surface area contributed by atoms with Gasteiger partial charge in [0, 0.05) is 13.1 Å². The first kappa shape index (κ1) is 18.1. The third kappa shape index (κ3) is 2.58. The summed E-state index contributed by atoms with van der Waals surface area (Å²) in [5, 5.41) is 5.72. The fourth-order valence-corrected chi connectivity index (χ4v) is 5.23. The molecule has 3 heterocycles. The van der Waals surface area contributed by atoms with E-state index in [0.717, 1.165) is 25.7 Å². The Morgan fingerprint density at radius 2 is 2.07 bits per heavy atom. The average Bonchev–Trinajstić information content (AvgIpc) is 3.30. The van der Waals surface area contributed by atoms with Gasteiger partial charge in [-0.2, -0.15) is 0 Å². The fraction of sp³-hybridized carbons (Fsp3) is 0.650. The molecule has 27 heavy (non-hydrogen) atoms. The molecule has 1 saturated carbocycles. The number of hydrogen-bond acceptors (Lipinski definition) is 4. The minimum atomic E-state index is -1.12. The summed E-state index contributed by atoms with van der Waals surface area (Å²) in [4.78, 5) is 40.2. The van der Waals surface area contributed by atoms with Crippen LogP contribution in [0.15, 0.2) is 12.2 Å². The lowest BCUT2D eigenvalue weighted by molar-refractivity contribution is -0.141. The molecule has 3 aliphatic heterocycles. The average molecular weight is 371 g/mol. The van der Waals surface area contributed by atoms with Crippen molar-refractivity contribution in [3.8, 4) is 12.3 Å². The molecule has 4 aliphatic rings. The van der Waals surface area contributed by atoms with Gasteiger partial charge in [0.25, 0.3) is 0 Å². The maximum atomic E-state index is 13.2. The summed E-state index contributed by atoms with van der Waals surface area (Å²) < 4.78 is 6.13. The van der Waals surface area contributed by atoms with Gasteiger partial charge in [-0.15, -0.1) is 6.42 Å². The van der Waals surface area contributed by atoms with Crippen LogP contribution in [0.5, 0.6) is 0 Å². The van der Waals surface area contributed by atoms with Crippen molar-refractivity contribution in [1.29, 1.82) is 0 Å². The van der Waals surface area contributed by atoms with E-state index in [1.165, 1.54) is 18.4 Å². The van der Waals surface area contributed by atoms with Crippen molar-refractivity contribution in [2.24, 2.45) is 11.8 Å². The molecule has 3 amide bonds. The smallest absolute Gasteiger partial charge is 0.246 e. The number of likely N-dealkylation sites (tertiary alicyclic amines) is 1. The monoisotopic (exact) mass is 371 g/mol. The number of amides is 3. The molecule has 2 saturated heterocycles. The molecule has 1 aliphatic carbocycles. The number of carbonyl (C=O) groups is 3. The Morgan fingerprint density at radius 1 is 1.33 bits per heavy atom. The standard InChI is InChI=1S/C20H25N3O4/c1-3-11-23-16(18(25)22-12-7-5-4-6-8-12)20-10-9-13(27-20)14(17(24)21-2)15(20)19(23)26/h1,9-10,12-16H,4-8,11H2,2H3,(H,21,24)(H,22,25)/t13-,14-,15+,16+,20+/m1/s1. The topological polar surface area (TPSA) is 87.7 Å². The van der Waals surface area contributed by atoms with E-state index in [1.807, 2.05) is 0 Å². The maximum Gasteiger partial charge on any atom is 0.246 e. The lowest BCUT2D eigenvalue weighted by Crippen LogP contribution is -2.56. The molecule has 2 N–H and O–H groups in total. The lowest BCUT2D eigenvalue weighted by Gasteiger charge is -2.33. The first-order valence-electron chi connectivity index (χ1n) is 9.66. The van der Waals surface area contributed by atoms with E-state index >= 15 is 0 Å². The predicted molar refractivity (Wildman–Crippen MR) is 97.1 cm³/mol. The molecule has 4 rings (SSSR count). The first-order valence-corrected chi connectivity index (χ1v) is 9.66. The van der Waals surface area contributed by atoms with Gasteiger partial charge in [0.05, 0.1) is 24.5 Å². The predicted octanol–water partition coefficient (Wildman–Crippen LogP) is -0.0349. The molecule has 0 aromatic heterocycles. The molecule has 1 spiro atoms. The van der Waals surface area contributed by atoms with E-state index in [0.29, 0.717) is 0 Å². The zero-order valence-corrected chi connectivity index (χ0v) is 15.4. The summed E-state index contributed by atoms with van der Waals surface area (Å²) >= 11 is 0. The van der Waals surface area contributed by atoms with Gasteiger partial charge in [-0.25, -0.2) is 0 Å². The number of carbonyl (C=O) groups excluding carboxylic acids is 3. The molecule has 3 fully saturated rings. The molecule has 0 radical (unpaired) electrons. The number of ether oxygens (including phenoxy) is 1. The molecule has 7 nitrogen and oxygen atoms in total. The van der Waals surface area contributed by atoms with Gasteiger partial charge >= 0.3 is 0 Å². The highest BCUT2D eigenvalue weighted by molar-refractivity contribution is 6.00. The Kier molecular flexibility index (Phi) is 4.47. The Bertz CT molecular complexity index is 736. The van der Waals surface area contributed by atoms with Crippen LogP contribution in [0.2, 0.25) is 0 Å². The van der Waals surface area contributed by atoms with Crippen LogP contribution in [-0.4, -0.2) is 60.0 Å². The van der Waals surface area contributed by atoms with Crippen molar-refractivity contribution < 1.29 is 19.1 Å². The Labute approximate surface area is 158 Å². The lowest BCUT2D eigenvalue weighted by atomic mass is 9.74. The summed E-state index contributed by atoms with van der Waals surface area (Å²) in [5.41, 5.74) is -1.12. The maximum absolute atomic E-state index is 13.2. The van der Waals surface area contributed by atoms with Crippen LogP contribution in [-0.2, 0) is 19.1 Å². The quantitative estimate of drug-likeness (QED) is 0.536. The number of rotatable bonds is 4. The van der Waals surface area contributed by atoms with E-state index in [2.05, 4.69) is 16.6 Å². The molecule has 0 aromatic carbocycles. The second-order valence-corrected chi connectivity index (χ2v) is 7.83. The van der Waals surface area contributed by atoms with Crippen LogP contribution in [0.25, 0.3) is 0 Å². The van der Waals surface area contributed by atoms with E-state index in [1.54, 1.807) is 12.2 Å². The largest absolute Gasteiger partial charge is 0.359 e. The van der Waals surface area contributed by atoms with Crippen molar-refractivity contribution in [2.75, 3.05) is 13.6 Å². The molecule has 5 atom stereocenters. The van der Waals surface area contributed by atoms with Crippen LogP contribution in [0.3, 0.4) is 0 Å². The molecule has 144 valence electrons. The first-order chi connectivity index (χ1) is 13.0. The summed E-state index contributed by atoms with van der Waals surface area (Å²) in [6.07, 6.45) is 13.8. The van der Waals surface area contributed by atoms with Gasteiger partial charge in [0.2, 0.25) is 17.7 Å². The van der Waals surface area contributed by atoms with Crippen molar-refractivity contribution >= 4 is 17.7 Å². The van der Waals surface area contributed by atoms with Crippen LogP contribution in [0, 0.1) is 24.2 Å². The van der Waals surface area contributed by atoms with E-state index < -0.39 is 29.6 Å². The second-order valence-electron chi connectivity index (χ2n) is 7.83. The van der Waals surface area contributed by atoms with Gasteiger partial charge in [0.15, 0.2) is 0 Å². The van der Waals surface area contributed by atoms with Crippen molar-refractivity contribution in [1.82, 2.24) is 15.5 Å². The van der Waals surface area contributed by atoms with Crippen LogP contribution < -0.4 is 10.6 Å². The Hall–Kier alpha value is -2.33. The Morgan fingerprint density at radius 3 is 2.74 bits per heavy atom. The molecule has 0 unspecified atom stereocenters. The van der Waals surface area contributed by atoms with Gasteiger partial charge in [-0.1, -0.05) is 37.3 Å². The van der Waals surface area contributed by atoms with E-state index in [9.17, 15) is 14.4 Å². The minimum Gasteiger partial charge on any atom is -0.359 e. The summed E-state index contributed by atoms with van der Waals surface area (Å²) in [6.45, 7) is 0.0160. The van der Waals surface area contributed by atoms with E-state index in [-0.39, 0.29) is 30.3 Å². The highest BCUT2D eigenvalue weighted by atomic mass is 16.5. The molecule has 0 aromatic rings. The van der Waals surface area contributed by atoms with Gasteiger partial charge in [-0.05, 0) is 12.8 Å². The summed E-state index contributed by atoms with van der Waals surface area (Å²) in [6, 6.07) is -0.731. The number of fused-ring (bicyclic) bond motifs is 1. The van der Waals surface area contributed by atoms with Crippen molar-refractivity contribution in [3.05, 3.63) is 12.2 Å². The molecular formula is C20H25N3O4. The molecule has 7 heteroatoms. The highest BCUT2D eigenvalue weighted by Crippen LogP contribution is 2.54. The van der Waals surface area contributed by atoms with Gasteiger partial charge < -0.3 is 20.3 Å². The van der Waals surface area contributed by atoms with Crippen LogP contribution in [0.4, 0.5) is 0 Å². The number of nitrogens with zero attached hydrogens (tertiary/aromatic N) is 1. The number of terminal acetylenes is 1. The number of nitrogens with one attached hydrogen (secondary N) is 2. The minimum absolute atomic E-state index is 0.0160. The highest BCUT2D eigenvalue weighted by Gasteiger charge is 2.72. The second kappa shape index (κ2) is 6.68. The number of hydrogen-bond donors (Lipinski definition) is 2. The third-order valence-electron chi connectivity index (χ3n) is 6.38. The molecular weight excluding hydrogens is 346 g/mol. The third-order valence-corrected chi connectivity index (χ3v) is 6.38. The van der Waals surface area contributed by atoms with Crippen molar-refractivity contribution in [2.45, 2.75) is 55.9 Å². The van der Waals surface area contributed by atoms with Gasteiger partial charge in [0.1, 0.15) is 11.6 Å². The van der Waals surface area contributed by atoms with E-state index in [4.69, 9.17) is 11.2 Å². The summed E-state index contributed by atoms with van der Waals surface area (Å²) in [7, 11) is 1.54. The van der Waals surface area contributed by atoms with Crippen molar-refractivity contribution in [3.63, 3.8) is 0 Å². The summed E-state index contributed by atoms with van der Waals surface area (Å²) in [5.74, 6) is 0.346. The fourth-order valence-electron chi connectivity index (χ4n) is 5.23.